The predicted molar refractivity (Wildman–Crippen MR) is 128 cm³/mol. The molecule has 178 valence electrons. The van der Waals surface area contributed by atoms with Gasteiger partial charge in [0.25, 0.3) is 0 Å². The monoisotopic (exact) mass is 469 g/mol. The van der Waals surface area contributed by atoms with Crippen LogP contribution in [0.3, 0.4) is 0 Å². The number of hydrogen-bond donors (Lipinski definition) is 1. The maximum absolute atomic E-state index is 14.3. The maximum Gasteiger partial charge on any atom is 0.450 e. The predicted octanol–water partition coefficient (Wildman–Crippen LogP) is 6.96. The van der Waals surface area contributed by atoms with Crippen LogP contribution in [-0.2, 0) is 12.7 Å². The number of aromatic hydroxyl groups is 1. The molecule has 7 heteroatoms. The molecule has 0 aliphatic rings. The van der Waals surface area contributed by atoms with E-state index in [1.165, 1.54) is 18.2 Å². The lowest BCUT2D eigenvalue weighted by Crippen LogP contribution is -2.25. The van der Waals surface area contributed by atoms with Crippen LogP contribution in [0.4, 0.5) is 13.2 Å². The molecule has 4 nitrogen and oxygen atoms in total. The number of rotatable bonds is 7. The summed E-state index contributed by atoms with van der Waals surface area (Å²) in [5, 5.41) is 11.8. The number of fused-ring (bicyclic) bond motifs is 2. The molecule has 34 heavy (non-hydrogen) atoms. The lowest BCUT2D eigenvalue weighted by molar-refractivity contribution is -0.152. The van der Waals surface area contributed by atoms with Crippen LogP contribution in [-0.4, -0.2) is 23.1 Å². The Morgan fingerprint density at radius 2 is 1.59 bits per heavy atom. The molecule has 0 saturated heterocycles. The molecule has 0 amide bonds. The standard InChI is InChI=1S/C27H26F3NO3/c1-3-14-31(15-4-2)16-21-22(32)13-12-20-24(33)23(26(27(28,29)30)34-25(20)21)19-11-7-9-17-8-5-6-10-18(17)19/h5-13,32H,3-4,14-16H2,1-2H3. The van der Waals surface area contributed by atoms with Crippen molar-refractivity contribution in [2.75, 3.05) is 13.1 Å². The lowest BCUT2D eigenvalue weighted by atomic mass is 9.95. The molecule has 0 unspecified atom stereocenters. The Morgan fingerprint density at radius 3 is 2.26 bits per heavy atom. The van der Waals surface area contributed by atoms with E-state index in [0.717, 1.165) is 12.8 Å². The average Bonchev–Trinajstić information content (AvgIpc) is 2.80. The van der Waals surface area contributed by atoms with Crippen LogP contribution in [0.15, 0.2) is 63.8 Å². The van der Waals surface area contributed by atoms with Crippen molar-refractivity contribution >= 4 is 21.7 Å². The topological polar surface area (TPSA) is 53.7 Å². The zero-order valence-electron chi connectivity index (χ0n) is 19.1. The summed E-state index contributed by atoms with van der Waals surface area (Å²) in [4.78, 5) is 15.6. The van der Waals surface area contributed by atoms with Gasteiger partial charge in [-0.15, -0.1) is 0 Å². The first-order chi connectivity index (χ1) is 16.3. The zero-order chi connectivity index (χ0) is 24.5. The molecule has 3 aromatic carbocycles. The second-order valence-corrected chi connectivity index (χ2v) is 8.38. The third-order valence-corrected chi connectivity index (χ3v) is 5.92. The van der Waals surface area contributed by atoms with Crippen molar-refractivity contribution in [1.82, 2.24) is 4.90 Å². The normalized spacial score (nSPS) is 12.2. The van der Waals surface area contributed by atoms with Gasteiger partial charge in [-0.05, 0) is 54.4 Å². The fourth-order valence-electron chi connectivity index (χ4n) is 4.47. The first-order valence-electron chi connectivity index (χ1n) is 11.4. The molecular weight excluding hydrogens is 443 g/mol. The van der Waals surface area contributed by atoms with Gasteiger partial charge >= 0.3 is 6.18 Å². The fourth-order valence-corrected chi connectivity index (χ4v) is 4.47. The van der Waals surface area contributed by atoms with E-state index >= 15 is 0 Å². The molecule has 0 spiro atoms. The van der Waals surface area contributed by atoms with Crippen molar-refractivity contribution < 1.29 is 22.7 Å². The van der Waals surface area contributed by atoms with Crippen molar-refractivity contribution in [3.63, 3.8) is 0 Å². The number of alkyl halides is 3. The number of phenols is 1. The summed E-state index contributed by atoms with van der Waals surface area (Å²) < 4.78 is 48.3. The number of phenolic OH excluding ortho intramolecular Hbond substituents is 1. The molecule has 0 atom stereocenters. The highest BCUT2D eigenvalue weighted by Crippen LogP contribution is 2.41. The number of hydrogen-bond acceptors (Lipinski definition) is 4. The first-order valence-corrected chi connectivity index (χ1v) is 11.4. The van der Waals surface area contributed by atoms with E-state index in [2.05, 4.69) is 0 Å². The van der Waals surface area contributed by atoms with Crippen LogP contribution in [0, 0.1) is 0 Å². The fraction of sp³-hybridized carbons (Fsp3) is 0.296. The Hall–Kier alpha value is -3.32. The van der Waals surface area contributed by atoms with Gasteiger partial charge in [0.05, 0.1) is 16.5 Å². The van der Waals surface area contributed by atoms with Gasteiger partial charge in [0.15, 0.2) is 0 Å². The average molecular weight is 470 g/mol. The molecule has 0 aliphatic heterocycles. The van der Waals surface area contributed by atoms with Gasteiger partial charge in [0.2, 0.25) is 11.2 Å². The summed E-state index contributed by atoms with van der Waals surface area (Å²) in [7, 11) is 0. The Morgan fingerprint density at radius 1 is 0.912 bits per heavy atom. The van der Waals surface area contributed by atoms with Gasteiger partial charge in [-0.2, -0.15) is 13.2 Å². The van der Waals surface area contributed by atoms with Crippen molar-refractivity contribution in [3.8, 4) is 16.9 Å². The smallest absolute Gasteiger partial charge is 0.450 e. The second-order valence-electron chi connectivity index (χ2n) is 8.38. The minimum absolute atomic E-state index is 0.0108. The first kappa shape index (κ1) is 23.8. The van der Waals surface area contributed by atoms with Gasteiger partial charge in [-0.25, -0.2) is 0 Å². The molecule has 1 heterocycles. The van der Waals surface area contributed by atoms with Crippen molar-refractivity contribution in [1.29, 1.82) is 0 Å². The second kappa shape index (κ2) is 9.50. The third kappa shape index (κ3) is 4.40. The van der Waals surface area contributed by atoms with Gasteiger partial charge in [-0.3, -0.25) is 9.69 Å². The van der Waals surface area contributed by atoms with Gasteiger partial charge in [0, 0.05) is 6.54 Å². The summed E-state index contributed by atoms with van der Waals surface area (Å²) >= 11 is 0. The third-order valence-electron chi connectivity index (χ3n) is 5.92. The quantitative estimate of drug-likeness (QED) is 0.318. The highest BCUT2D eigenvalue weighted by molar-refractivity contribution is 5.99. The largest absolute Gasteiger partial charge is 0.507 e. The summed E-state index contributed by atoms with van der Waals surface area (Å²) in [6.07, 6.45) is -3.22. The van der Waals surface area contributed by atoms with E-state index in [-0.39, 0.29) is 34.4 Å². The number of benzene rings is 3. The van der Waals surface area contributed by atoms with E-state index in [0.29, 0.717) is 23.9 Å². The molecule has 0 aliphatic carbocycles. The molecule has 0 fully saturated rings. The minimum Gasteiger partial charge on any atom is -0.507 e. The molecule has 1 aromatic heterocycles. The van der Waals surface area contributed by atoms with Crippen molar-refractivity contribution in [2.45, 2.75) is 39.4 Å². The molecule has 1 N–H and O–H groups in total. The van der Waals surface area contributed by atoms with E-state index in [4.69, 9.17) is 4.42 Å². The Labute approximate surface area is 195 Å². The Balaban J connectivity index is 2.04. The summed E-state index contributed by atoms with van der Waals surface area (Å²) in [6.45, 7) is 5.59. The summed E-state index contributed by atoms with van der Waals surface area (Å²) in [6, 6.07) is 14.6. The molecule has 0 radical (unpaired) electrons. The van der Waals surface area contributed by atoms with E-state index in [9.17, 15) is 23.1 Å². The molecule has 4 aromatic rings. The summed E-state index contributed by atoms with van der Waals surface area (Å²) in [5.74, 6) is -1.55. The molecule has 4 rings (SSSR count). The van der Waals surface area contributed by atoms with Crippen molar-refractivity contribution in [3.05, 3.63) is 76.1 Å². The maximum atomic E-state index is 14.3. The van der Waals surface area contributed by atoms with Gasteiger partial charge in [0.1, 0.15) is 11.3 Å². The molecule has 0 saturated carbocycles. The van der Waals surface area contributed by atoms with Crippen LogP contribution < -0.4 is 5.43 Å². The molecular formula is C27H26F3NO3. The zero-order valence-corrected chi connectivity index (χ0v) is 19.1. The highest BCUT2D eigenvalue weighted by atomic mass is 19.4. The van der Waals surface area contributed by atoms with E-state index in [1.807, 2.05) is 18.7 Å². The molecule has 0 bridgehead atoms. The van der Waals surface area contributed by atoms with Gasteiger partial charge < -0.3 is 9.52 Å². The lowest BCUT2D eigenvalue weighted by Gasteiger charge is -2.22. The van der Waals surface area contributed by atoms with Crippen molar-refractivity contribution in [2.24, 2.45) is 0 Å². The Bertz CT molecular complexity index is 1380. The van der Waals surface area contributed by atoms with Crippen LogP contribution in [0.1, 0.15) is 38.0 Å². The highest BCUT2D eigenvalue weighted by Gasteiger charge is 2.40. The van der Waals surface area contributed by atoms with Crippen LogP contribution in [0.25, 0.3) is 32.9 Å². The van der Waals surface area contributed by atoms with Crippen LogP contribution >= 0.6 is 0 Å². The summed E-state index contributed by atoms with van der Waals surface area (Å²) in [5.41, 5.74) is -1.17. The number of halogens is 3. The van der Waals surface area contributed by atoms with Crippen LogP contribution in [0.2, 0.25) is 0 Å². The van der Waals surface area contributed by atoms with Gasteiger partial charge in [-0.1, -0.05) is 56.3 Å². The van der Waals surface area contributed by atoms with E-state index in [1.54, 1.807) is 36.4 Å². The SMILES string of the molecule is CCCN(CCC)Cc1c(O)ccc2c(=O)c(-c3cccc4ccccc34)c(C(F)(F)F)oc12. The minimum atomic E-state index is -4.91. The van der Waals surface area contributed by atoms with Crippen LogP contribution in [0.5, 0.6) is 5.75 Å². The number of nitrogens with zero attached hydrogens (tertiary/aromatic N) is 1. The van der Waals surface area contributed by atoms with E-state index < -0.39 is 22.9 Å². The Kier molecular flexibility index (Phi) is 6.66.